The summed E-state index contributed by atoms with van der Waals surface area (Å²) < 4.78 is 23.6. The number of hydrogen-bond acceptors (Lipinski definition) is 8. The lowest BCUT2D eigenvalue weighted by molar-refractivity contribution is -0.115. The maximum absolute atomic E-state index is 15.5. The van der Waals surface area contributed by atoms with Gasteiger partial charge in [0.05, 0.1) is 18.1 Å². The predicted octanol–water partition coefficient (Wildman–Crippen LogP) is 9.41. The molecule has 1 saturated heterocycles. The van der Waals surface area contributed by atoms with Gasteiger partial charge in [-0.3, -0.25) is 9.69 Å². The molecule has 0 spiro atoms. The summed E-state index contributed by atoms with van der Waals surface area (Å²) in [5, 5.41) is 12.3. The first-order valence-corrected chi connectivity index (χ1v) is 21.3. The highest BCUT2D eigenvalue weighted by atomic mass is 19.1. The van der Waals surface area contributed by atoms with E-state index in [2.05, 4.69) is 86.0 Å². The number of fused-ring (bicyclic) bond motifs is 1. The van der Waals surface area contributed by atoms with E-state index in [1.54, 1.807) is 0 Å². The van der Waals surface area contributed by atoms with Gasteiger partial charge in [0.25, 0.3) is 0 Å². The van der Waals surface area contributed by atoms with Gasteiger partial charge in [0.1, 0.15) is 11.6 Å². The zero-order valence-corrected chi connectivity index (χ0v) is 35.4. The number of aromatic nitrogens is 4. The fourth-order valence-electron chi connectivity index (χ4n) is 8.50. The van der Waals surface area contributed by atoms with E-state index in [9.17, 15) is 4.79 Å². The molecule has 1 amide bonds. The Bertz CT molecular complexity index is 2680. The van der Waals surface area contributed by atoms with Crippen molar-refractivity contribution < 1.29 is 13.9 Å². The van der Waals surface area contributed by atoms with Gasteiger partial charge in [0.2, 0.25) is 5.91 Å². The molecule has 1 fully saturated rings. The summed E-state index contributed by atoms with van der Waals surface area (Å²) in [7, 11) is 2.12. The molecule has 63 heavy (non-hydrogen) atoms. The van der Waals surface area contributed by atoms with Gasteiger partial charge in [-0.2, -0.15) is 10.1 Å². The molecule has 2 N–H and O–H groups in total. The van der Waals surface area contributed by atoms with Crippen molar-refractivity contribution in [3.8, 4) is 17.1 Å². The van der Waals surface area contributed by atoms with Crippen LogP contribution in [-0.2, 0) is 16.8 Å². The minimum Gasteiger partial charge on any atom is -0.459 e. The summed E-state index contributed by atoms with van der Waals surface area (Å²) in [6.07, 6.45) is 1.04. The van der Waals surface area contributed by atoms with Gasteiger partial charge in [0, 0.05) is 43.8 Å². The van der Waals surface area contributed by atoms with E-state index in [1.165, 1.54) is 0 Å². The molecule has 3 heterocycles. The highest BCUT2D eigenvalue weighted by molar-refractivity contribution is 6.02. The summed E-state index contributed by atoms with van der Waals surface area (Å²) in [6, 6.07) is 54.7. The van der Waals surface area contributed by atoms with Crippen LogP contribution >= 0.6 is 0 Å². The van der Waals surface area contributed by atoms with E-state index in [1.807, 2.05) is 127 Å². The molecule has 1 aliphatic heterocycles. The summed E-state index contributed by atoms with van der Waals surface area (Å²) in [4.78, 5) is 27.4. The molecule has 316 valence electrons. The number of ether oxygens (including phenoxy) is 1. The Kier molecular flexibility index (Phi) is 12.0. The third-order valence-corrected chi connectivity index (χ3v) is 11.7. The summed E-state index contributed by atoms with van der Waals surface area (Å²) >= 11 is 0. The fourth-order valence-corrected chi connectivity index (χ4v) is 8.50. The lowest BCUT2D eigenvalue weighted by Crippen LogP contribution is -2.47. The zero-order chi connectivity index (χ0) is 43.2. The molecule has 10 nitrogen and oxygen atoms in total. The number of halogens is 1. The number of carbonyl (C=O) groups is 1. The number of nitrogens with one attached hydrogen (secondary N) is 2. The Morgan fingerprint density at radius 3 is 1.90 bits per heavy atom. The zero-order valence-electron chi connectivity index (χ0n) is 35.4. The van der Waals surface area contributed by atoms with Crippen molar-refractivity contribution in [2.45, 2.75) is 25.0 Å². The second kappa shape index (κ2) is 18.4. The molecule has 1 atom stereocenters. The fraction of sp³-hybridized carbons (Fsp3) is 0.192. The van der Waals surface area contributed by atoms with Gasteiger partial charge in [-0.15, -0.1) is 0 Å². The average molecular weight is 837 g/mol. The van der Waals surface area contributed by atoms with Gasteiger partial charge < -0.3 is 20.3 Å². The molecular weight excluding hydrogens is 788 g/mol. The highest BCUT2D eigenvalue weighted by Gasteiger charge is 2.41. The maximum Gasteiger partial charge on any atom is 0.318 e. The lowest BCUT2D eigenvalue weighted by atomic mass is 9.77. The number of amides is 1. The van der Waals surface area contributed by atoms with Crippen LogP contribution in [0.4, 0.5) is 21.7 Å². The van der Waals surface area contributed by atoms with Crippen LogP contribution in [0, 0.1) is 5.82 Å². The number of anilines is 3. The summed E-state index contributed by atoms with van der Waals surface area (Å²) in [6.45, 7) is 6.58. The largest absolute Gasteiger partial charge is 0.459 e. The average Bonchev–Trinajstić information content (AvgIpc) is 3.67. The number of hydrogen-bond donors (Lipinski definition) is 2. The first-order valence-electron chi connectivity index (χ1n) is 21.3. The van der Waals surface area contributed by atoms with E-state index in [0.717, 1.165) is 71.3 Å². The monoisotopic (exact) mass is 836 g/mol. The molecule has 9 rings (SSSR count). The number of nitrogens with zero attached hydrogens (tertiary/aromatic N) is 6. The van der Waals surface area contributed by atoms with E-state index in [0.29, 0.717) is 23.4 Å². The first kappa shape index (κ1) is 41.2. The molecule has 8 aromatic rings. The van der Waals surface area contributed by atoms with Gasteiger partial charge in [-0.05, 0) is 65.6 Å². The van der Waals surface area contributed by atoms with Crippen LogP contribution in [0.2, 0.25) is 0 Å². The number of rotatable bonds is 14. The van der Waals surface area contributed by atoms with Crippen LogP contribution in [0.3, 0.4) is 0 Å². The van der Waals surface area contributed by atoms with Crippen molar-refractivity contribution in [3.63, 3.8) is 0 Å². The van der Waals surface area contributed by atoms with Crippen LogP contribution in [0.5, 0.6) is 6.01 Å². The van der Waals surface area contributed by atoms with Gasteiger partial charge in [-0.25, -0.2) is 14.1 Å². The molecule has 0 bridgehead atoms. The Morgan fingerprint density at radius 1 is 0.730 bits per heavy atom. The van der Waals surface area contributed by atoms with E-state index in [4.69, 9.17) is 9.84 Å². The van der Waals surface area contributed by atoms with Crippen LogP contribution in [0.25, 0.3) is 22.0 Å². The normalized spacial score (nSPS) is 14.0. The predicted molar refractivity (Wildman–Crippen MR) is 248 cm³/mol. The Morgan fingerprint density at radius 2 is 1.30 bits per heavy atom. The molecule has 6 aromatic carbocycles. The van der Waals surface area contributed by atoms with E-state index in [-0.39, 0.29) is 30.3 Å². The Labute approximate surface area is 367 Å². The third-order valence-electron chi connectivity index (χ3n) is 11.7. The maximum atomic E-state index is 15.5. The Hall–Kier alpha value is -7.21. The number of likely N-dealkylation sites (N-methyl/N-ethyl adjacent to an activating group) is 1. The van der Waals surface area contributed by atoms with E-state index < -0.39 is 11.4 Å². The molecule has 0 radical (unpaired) electrons. The smallest absolute Gasteiger partial charge is 0.318 e. The molecule has 1 aliphatic rings. The van der Waals surface area contributed by atoms with Crippen LogP contribution < -0.4 is 15.4 Å². The first-order chi connectivity index (χ1) is 30.8. The number of piperazine rings is 1. The summed E-state index contributed by atoms with van der Waals surface area (Å²) in [5.74, 6) is -0.536. The summed E-state index contributed by atoms with van der Waals surface area (Å²) in [5.41, 5.74) is 6.27. The Balaban J connectivity index is 1.10. The molecule has 0 saturated carbocycles. The number of carbonyl (C=O) groups excluding carboxylic acids is 1. The minimum absolute atomic E-state index is 0.0322. The standard InChI is InChI=1S/C52H49FN8O2/c1-37(36-60-31-29-59(2)30-32-60)63-51-54-35-46(53)50(57-51)55-44-27-28-47-45(34-44)49(56-48(62)33-38-23-25-40(26-24-38)39-15-7-3-8-16-39)58-61(47)52(41-17-9-4-10-18-41,42-19-11-5-12-20-42)43-21-13-6-14-22-43/h3-28,34-35,37H,29-33,36H2,1-2H3,(H,54,55,57)(H,56,58,62). The van der Waals surface area contributed by atoms with Gasteiger partial charge in [-0.1, -0.05) is 146 Å². The van der Waals surface area contributed by atoms with E-state index >= 15 is 4.39 Å². The van der Waals surface area contributed by atoms with Crippen LogP contribution in [-0.4, -0.2) is 81.3 Å². The lowest BCUT2D eigenvalue weighted by Gasteiger charge is -2.37. The molecule has 2 aromatic heterocycles. The van der Waals surface area contributed by atoms with Gasteiger partial charge in [0.15, 0.2) is 17.5 Å². The second-order valence-corrected chi connectivity index (χ2v) is 16.1. The molecule has 11 heteroatoms. The highest BCUT2D eigenvalue weighted by Crippen LogP contribution is 2.44. The molecule has 0 aliphatic carbocycles. The van der Waals surface area contributed by atoms with Gasteiger partial charge >= 0.3 is 6.01 Å². The minimum atomic E-state index is -0.973. The van der Waals surface area contributed by atoms with Crippen molar-refractivity contribution in [3.05, 3.63) is 198 Å². The quantitative estimate of drug-likeness (QED) is 0.105. The van der Waals surface area contributed by atoms with Crippen LogP contribution in [0.1, 0.15) is 29.2 Å². The SMILES string of the molecule is CC(CN1CCN(C)CC1)Oc1ncc(F)c(Nc2ccc3c(c2)c(NC(=O)Cc2ccc(-c4ccccc4)cc2)nn3C(c2ccccc2)(c2ccccc2)c2ccccc2)n1. The number of benzene rings is 6. The van der Waals surface area contributed by atoms with Crippen molar-refractivity contribution in [1.82, 2.24) is 29.5 Å². The van der Waals surface area contributed by atoms with Crippen molar-refractivity contribution >= 4 is 34.1 Å². The molecule has 1 unspecified atom stereocenters. The third kappa shape index (κ3) is 8.93. The molecular formula is C52H49FN8O2. The van der Waals surface area contributed by atoms with Crippen molar-refractivity contribution in [2.75, 3.05) is 50.4 Å². The van der Waals surface area contributed by atoms with Crippen molar-refractivity contribution in [1.29, 1.82) is 0 Å². The topological polar surface area (TPSA) is 100 Å². The second-order valence-electron chi connectivity index (χ2n) is 16.1. The van der Waals surface area contributed by atoms with Crippen LogP contribution in [0.15, 0.2) is 170 Å². The van der Waals surface area contributed by atoms with Crippen molar-refractivity contribution in [2.24, 2.45) is 0 Å².